The van der Waals surface area contributed by atoms with E-state index in [0.717, 1.165) is 51.4 Å². The summed E-state index contributed by atoms with van der Waals surface area (Å²) in [5.74, 6) is -2.33. The van der Waals surface area contributed by atoms with Gasteiger partial charge in [0.2, 0.25) is 11.8 Å². The van der Waals surface area contributed by atoms with Crippen LogP contribution in [0.2, 0.25) is 0 Å². The average molecular weight is 489 g/mol. The Morgan fingerprint density at radius 1 is 0.618 bits per heavy atom. The van der Waals surface area contributed by atoms with Crippen LogP contribution >= 0.6 is 0 Å². The van der Waals surface area contributed by atoms with E-state index in [-0.39, 0.29) is 24.7 Å². The molecule has 0 aromatic carbocycles. The third kappa shape index (κ3) is 21.6. The lowest BCUT2D eigenvalue weighted by atomic mass is 10.2. The molecule has 2 atom stereocenters. The second-order valence-corrected chi connectivity index (χ2v) is 8.21. The second-order valence-electron chi connectivity index (χ2n) is 8.21. The molecule has 0 rings (SSSR count). The number of amides is 2. The number of carboxylic acids is 2. The summed E-state index contributed by atoms with van der Waals surface area (Å²) in [5, 5.41) is 28.9. The number of aliphatic carboxylic acids is 2. The van der Waals surface area contributed by atoms with Gasteiger partial charge in [-0.3, -0.25) is 19.2 Å². The fourth-order valence-electron chi connectivity index (χ4n) is 2.89. The van der Waals surface area contributed by atoms with Crippen LogP contribution in [0.15, 0.2) is 0 Å². The van der Waals surface area contributed by atoms with E-state index >= 15 is 0 Å². The van der Waals surface area contributed by atoms with Crippen LogP contribution < -0.4 is 21.3 Å². The normalized spacial score (nSPS) is 12.1. The van der Waals surface area contributed by atoms with Crippen LogP contribution in [-0.4, -0.2) is 72.2 Å². The number of carbonyl (C=O) groups is 4. The van der Waals surface area contributed by atoms with E-state index in [9.17, 15) is 19.2 Å². The predicted molar refractivity (Wildman–Crippen MR) is 134 cm³/mol. The molecule has 0 aromatic heterocycles. The second kappa shape index (κ2) is 23.9. The Kier molecular flexibility index (Phi) is 23.9. The van der Waals surface area contributed by atoms with E-state index in [2.05, 4.69) is 35.1 Å². The highest BCUT2D eigenvalue weighted by Gasteiger charge is 2.20. The highest BCUT2D eigenvalue weighted by Crippen LogP contribution is 1.97. The zero-order valence-corrected chi connectivity index (χ0v) is 21.6. The van der Waals surface area contributed by atoms with Crippen LogP contribution in [-0.2, 0) is 19.2 Å². The van der Waals surface area contributed by atoms with Gasteiger partial charge >= 0.3 is 11.9 Å². The first-order valence-corrected chi connectivity index (χ1v) is 12.7. The van der Waals surface area contributed by atoms with Gasteiger partial charge in [-0.2, -0.15) is 0 Å². The Labute approximate surface area is 205 Å². The molecule has 0 aliphatic rings. The van der Waals surface area contributed by atoms with Gasteiger partial charge in [0.05, 0.1) is 18.9 Å². The average Bonchev–Trinajstić information content (AvgIpc) is 2.79. The Hall–Kier alpha value is -2.20. The minimum absolute atomic E-state index is 0.00145. The minimum Gasteiger partial charge on any atom is -0.481 e. The Bertz CT molecular complexity index is 560. The molecule has 0 heterocycles. The molecule has 10 heteroatoms. The quantitative estimate of drug-likeness (QED) is 0.142. The molecule has 0 saturated heterocycles. The molecule has 10 nitrogen and oxygen atoms in total. The number of hydrogen-bond acceptors (Lipinski definition) is 6. The van der Waals surface area contributed by atoms with Crippen molar-refractivity contribution in [1.82, 2.24) is 21.3 Å². The van der Waals surface area contributed by atoms with Crippen molar-refractivity contribution in [2.75, 3.05) is 26.2 Å². The molecule has 0 aliphatic heterocycles. The van der Waals surface area contributed by atoms with Gasteiger partial charge in [0.25, 0.3) is 0 Å². The Morgan fingerprint density at radius 2 is 1.12 bits per heavy atom. The third-order valence-corrected chi connectivity index (χ3v) is 4.85. The maximum atomic E-state index is 11.7. The molecule has 0 saturated carbocycles. The number of nitrogens with one attached hydrogen (secondary N) is 4. The van der Waals surface area contributed by atoms with E-state index in [1.807, 2.05) is 13.8 Å². The van der Waals surface area contributed by atoms with Gasteiger partial charge in [-0.05, 0) is 38.8 Å². The van der Waals surface area contributed by atoms with Crippen molar-refractivity contribution in [2.45, 2.75) is 104 Å². The molecule has 6 N–H and O–H groups in total. The summed E-state index contributed by atoms with van der Waals surface area (Å²) in [6.45, 7) is 10.6. The number of carboxylic acid groups (broad SMARTS) is 2. The van der Waals surface area contributed by atoms with Gasteiger partial charge in [0, 0.05) is 13.1 Å². The molecule has 34 heavy (non-hydrogen) atoms. The van der Waals surface area contributed by atoms with Crippen molar-refractivity contribution in [3.8, 4) is 0 Å². The lowest BCUT2D eigenvalue weighted by molar-refractivity contribution is -0.141. The van der Waals surface area contributed by atoms with Crippen molar-refractivity contribution in [3.05, 3.63) is 0 Å². The SMILES string of the molecule is CCCCCNC(=O)C(CC(=O)O)NCCC.CCCCCNC(=O)CC(NCCC)C(=O)O. The van der Waals surface area contributed by atoms with Gasteiger partial charge < -0.3 is 31.5 Å². The van der Waals surface area contributed by atoms with Crippen LogP contribution in [0, 0.1) is 0 Å². The summed E-state index contributed by atoms with van der Waals surface area (Å²) in [4.78, 5) is 44.7. The molecule has 0 radical (unpaired) electrons. The van der Waals surface area contributed by atoms with Crippen LogP contribution in [0.4, 0.5) is 0 Å². The first-order valence-electron chi connectivity index (χ1n) is 12.7. The van der Waals surface area contributed by atoms with Gasteiger partial charge in [-0.1, -0.05) is 53.4 Å². The third-order valence-electron chi connectivity index (χ3n) is 4.85. The first-order chi connectivity index (χ1) is 16.2. The molecule has 0 aliphatic carbocycles. The van der Waals surface area contributed by atoms with Crippen LogP contribution in [0.1, 0.15) is 91.9 Å². The molecule has 2 amide bonds. The summed E-state index contributed by atoms with van der Waals surface area (Å²) < 4.78 is 0. The van der Waals surface area contributed by atoms with Gasteiger partial charge in [0.1, 0.15) is 6.04 Å². The lowest BCUT2D eigenvalue weighted by Gasteiger charge is -2.16. The van der Waals surface area contributed by atoms with Crippen molar-refractivity contribution >= 4 is 23.8 Å². The van der Waals surface area contributed by atoms with Crippen molar-refractivity contribution in [2.24, 2.45) is 0 Å². The molecular weight excluding hydrogens is 440 g/mol. The lowest BCUT2D eigenvalue weighted by Crippen LogP contribution is -2.46. The first kappa shape index (κ1) is 34.0. The molecular formula is C24H48N4O6. The monoisotopic (exact) mass is 488 g/mol. The van der Waals surface area contributed by atoms with E-state index in [1.54, 1.807) is 0 Å². The Balaban J connectivity index is 0. The molecule has 200 valence electrons. The van der Waals surface area contributed by atoms with E-state index in [4.69, 9.17) is 10.2 Å². The van der Waals surface area contributed by atoms with Crippen molar-refractivity contribution in [1.29, 1.82) is 0 Å². The summed E-state index contributed by atoms with van der Waals surface area (Å²) in [6, 6.07) is -1.39. The highest BCUT2D eigenvalue weighted by molar-refractivity contribution is 5.86. The topological polar surface area (TPSA) is 157 Å². The van der Waals surface area contributed by atoms with E-state index in [1.165, 1.54) is 0 Å². The van der Waals surface area contributed by atoms with Gasteiger partial charge in [-0.15, -0.1) is 0 Å². The summed E-state index contributed by atoms with van der Waals surface area (Å²) in [6.07, 6.45) is 7.80. The molecule has 0 spiro atoms. The predicted octanol–water partition coefficient (Wildman–Crippen LogP) is 2.27. The largest absolute Gasteiger partial charge is 0.481 e. The number of carbonyl (C=O) groups excluding carboxylic acids is 2. The summed E-state index contributed by atoms with van der Waals surface area (Å²) in [5.41, 5.74) is 0. The molecule has 2 unspecified atom stereocenters. The molecule has 0 fully saturated rings. The minimum atomic E-state index is -0.970. The summed E-state index contributed by atoms with van der Waals surface area (Å²) >= 11 is 0. The zero-order valence-electron chi connectivity index (χ0n) is 21.6. The van der Waals surface area contributed by atoms with Gasteiger partial charge in [0.15, 0.2) is 0 Å². The van der Waals surface area contributed by atoms with Crippen LogP contribution in [0.25, 0.3) is 0 Å². The smallest absolute Gasteiger partial charge is 0.321 e. The van der Waals surface area contributed by atoms with Gasteiger partial charge in [-0.25, -0.2) is 0 Å². The zero-order chi connectivity index (χ0) is 26.2. The Morgan fingerprint density at radius 3 is 1.56 bits per heavy atom. The van der Waals surface area contributed by atoms with Crippen LogP contribution in [0.3, 0.4) is 0 Å². The maximum absolute atomic E-state index is 11.7. The van der Waals surface area contributed by atoms with Crippen LogP contribution in [0.5, 0.6) is 0 Å². The summed E-state index contributed by atoms with van der Waals surface area (Å²) in [7, 11) is 0. The maximum Gasteiger partial charge on any atom is 0.321 e. The molecule has 0 aromatic rings. The standard InChI is InChI=1S/2C12H24N2O3/c1-3-5-6-8-14-12(17)10(9-11(15)16)13-7-4-2;1-3-5-6-8-14-11(15)9-10(12(16)17)13-7-4-2/h10,13H,3-9H2,1-2H3,(H,14,17)(H,15,16);10,13H,3-9H2,1-2H3,(H,14,15)(H,16,17). The van der Waals surface area contributed by atoms with E-state index < -0.39 is 24.0 Å². The van der Waals surface area contributed by atoms with Crippen molar-refractivity contribution in [3.63, 3.8) is 0 Å². The fraction of sp³-hybridized carbons (Fsp3) is 0.833. The number of rotatable bonds is 20. The van der Waals surface area contributed by atoms with Crippen molar-refractivity contribution < 1.29 is 29.4 Å². The fourth-order valence-corrected chi connectivity index (χ4v) is 2.89. The molecule has 0 bridgehead atoms. The van der Waals surface area contributed by atoms with E-state index in [0.29, 0.717) is 26.2 Å². The highest BCUT2D eigenvalue weighted by atomic mass is 16.4. The number of unbranched alkanes of at least 4 members (excludes halogenated alkanes) is 4. The number of hydrogen-bond donors (Lipinski definition) is 6.